The van der Waals surface area contributed by atoms with Crippen molar-refractivity contribution in [1.29, 1.82) is 0 Å². The first-order chi connectivity index (χ1) is 8.47. The molecule has 2 nitrogen and oxygen atoms in total. The van der Waals surface area contributed by atoms with Crippen LogP contribution in [0.1, 0.15) is 32.0 Å². The fourth-order valence-corrected chi connectivity index (χ4v) is 2.01. The summed E-state index contributed by atoms with van der Waals surface area (Å²) in [6.07, 6.45) is 1.79. The highest BCUT2D eigenvalue weighted by Crippen LogP contribution is 2.27. The second-order valence-corrected chi connectivity index (χ2v) is 5.50. The minimum atomic E-state index is 0.0648. The number of aromatic nitrogens is 1. The van der Waals surface area contributed by atoms with E-state index in [4.69, 9.17) is 4.74 Å². The van der Waals surface area contributed by atoms with Gasteiger partial charge in [0.2, 0.25) is 0 Å². The van der Waals surface area contributed by atoms with E-state index in [1.54, 1.807) is 6.20 Å². The van der Waals surface area contributed by atoms with E-state index in [2.05, 4.69) is 32.7 Å². The molecule has 2 aromatic rings. The summed E-state index contributed by atoms with van der Waals surface area (Å²) in [5.41, 5.74) is 2.34. The maximum atomic E-state index is 5.76. The fourth-order valence-electron chi connectivity index (χ4n) is 2.01. The third-order valence-corrected chi connectivity index (χ3v) is 2.74. The third kappa shape index (κ3) is 2.89. The number of pyridine rings is 1. The number of hydrogen-bond acceptors (Lipinski definition) is 2. The summed E-state index contributed by atoms with van der Waals surface area (Å²) < 4.78 is 5.76. The maximum Gasteiger partial charge on any atom is 0.145 e. The molecule has 0 N–H and O–H groups in total. The molecular weight excluding hydrogens is 222 g/mol. The lowest BCUT2D eigenvalue weighted by Crippen LogP contribution is -2.15. The molecule has 0 aliphatic heterocycles. The molecule has 0 aliphatic rings. The molecule has 0 atom stereocenters. The molecule has 1 heterocycles. The molecular formula is C16H19NO. The largest absolute Gasteiger partial charge is 0.456 e. The molecule has 2 rings (SSSR count). The number of para-hydroxylation sites is 1. The maximum absolute atomic E-state index is 5.76. The first-order valence-corrected chi connectivity index (χ1v) is 6.17. The van der Waals surface area contributed by atoms with E-state index < -0.39 is 0 Å². The zero-order chi connectivity index (χ0) is 13.2. The van der Waals surface area contributed by atoms with Crippen LogP contribution < -0.4 is 4.74 Å². The summed E-state index contributed by atoms with van der Waals surface area (Å²) in [5, 5.41) is 0. The van der Waals surface area contributed by atoms with Crippen molar-refractivity contribution in [2.45, 2.75) is 33.1 Å². The minimum Gasteiger partial charge on any atom is -0.456 e. The molecule has 0 radical (unpaired) electrons. The van der Waals surface area contributed by atoms with Crippen LogP contribution in [0, 0.1) is 6.92 Å². The van der Waals surface area contributed by atoms with Gasteiger partial charge in [0.15, 0.2) is 0 Å². The van der Waals surface area contributed by atoms with Crippen molar-refractivity contribution in [3.8, 4) is 11.5 Å². The number of aryl methyl sites for hydroxylation is 1. The Kier molecular flexibility index (Phi) is 3.37. The van der Waals surface area contributed by atoms with E-state index in [-0.39, 0.29) is 5.41 Å². The Morgan fingerprint density at radius 1 is 1.00 bits per heavy atom. The van der Waals surface area contributed by atoms with E-state index in [1.165, 1.54) is 0 Å². The summed E-state index contributed by atoms with van der Waals surface area (Å²) >= 11 is 0. The van der Waals surface area contributed by atoms with Crippen LogP contribution in [0.4, 0.5) is 0 Å². The van der Waals surface area contributed by atoms with Gasteiger partial charge >= 0.3 is 0 Å². The first-order valence-electron chi connectivity index (χ1n) is 6.17. The van der Waals surface area contributed by atoms with Crippen molar-refractivity contribution in [1.82, 2.24) is 4.98 Å². The Morgan fingerprint density at radius 2 is 1.67 bits per heavy atom. The second kappa shape index (κ2) is 4.81. The van der Waals surface area contributed by atoms with Gasteiger partial charge in [-0.2, -0.15) is 0 Å². The highest BCUT2D eigenvalue weighted by atomic mass is 16.5. The Labute approximate surface area is 109 Å². The topological polar surface area (TPSA) is 22.1 Å². The van der Waals surface area contributed by atoms with E-state index in [9.17, 15) is 0 Å². The molecule has 18 heavy (non-hydrogen) atoms. The Bertz CT molecular complexity index is 527. The standard InChI is InChI=1S/C16H19NO/c1-12-10-14(11-17-15(12)16(2,3)4)18-13-8-6-5-7-9-13/h5-11H,1-4H3. The van der Waals surface area contributed by atoms with Crippen LogP contribution in [0.25, 0.3) is 0 Å². The average molecular weight is 241 g/mol. The molecule has 1 aromatic heterocycles. The van der Waals surface area contributed by atoms with Gasteiger partial charge in [-0.05, 0) is 30.7 Å². The van der Waals surface area contributed by atoms with Crippen LogP contribution in [0.3, 0.4) is 0 Å². The summed E-state index contributed by atoms with van der Waals surface area (Å²) in [4.78, 5) is 4.52. The molecule has 1 aromatic carbocycles. The Hall–Kier alpha value is -1.83. The van der Waals surface area contributed by atoms with Crippen LogP contribution in [-0.2, 0) is 5.41 Å². The number of hydrogen-bond donors (Lipinski definition) is 0. The van der Waals surface area contributed by atoms with Crippen molar-refractivity contribution in [3.05, 3.63) is 53.9 Å². The highest BCUT2D eigenvalue weighted by Gasteiger charge is 2.18. The molecule has 0 aliphatic carbocycles. The Morgan fingerprint density at radius 3 is 2.22 bits per heavy atom. The van der Waals surface area contributed by atoms with Gasteiger partial charge in [-0.3, -0.25) is 4.98 Å². The predicted octanol–water partition coefficient (Wildman–Crippen LogP) is 4.48. The van der Waals surface area contributed by atoms with Gasteiger partial charge in [-0.15, -0.1) is 0 Å². The molecule has 94 valence electrons. The predicted molar refractivity (Wildman–Crippen MR) is 74.2 cm³/mol. The monoisotopic (exact) mass is 241 g/mol. The number of nitrogens with zero attached hydrogens (tertiary/aromatic N) is 1. The quantitative estimate of drug-likeness (QED) is 0.773. The van der Waals surface area contributed by atoms with Crippen molar-refractivity contribution in [2.75, 3.05) is 0 Å². The average Bonchev–Trinajstić information content (AvgIpc) is 2.28. The van der Waals surface area contributed by atoms with Gasteiger partial charge in [0.05, 0.1) is 6.20 Å². The first kappa shape index (κ1) is 12.6. The van der Waals surface area contributed by atoms with Crippen molar-refractivity contribution in [3.63, 3.8) is 0 Å². The second-order valence-electron chi connectivity index (χ2n) is 5.50. The summed E-state index contributed by atoms with van der Waals surface area (Å²) in [6.45, 7) is 8.58. The summed E-state index contributed by atoms with van der Waals surface area (Å²) in [6, 6.07) is 11.8. The summed E-state index contributed by atoms with van der Waals surface area (Å²) in [5.74, 6) is 1.62. The van der Waals surface area contributed by atoms with Gasteiger partial charge in [0.1, 0.15) is 11.5 Å². The molecule has 2 heteroatoms. The number of benzene rings is 1. The van der Waals surface area contributed by atoms with Crippen LogP contribution >= 0.6 is 0 Å². The molecule has 0 bridgehead atoms. The lowest BCUT2D eigenvalue weighted by molar-refractivity contribution is 0.476. The van der Waals surface area contributed by atoms with Crippen LogP contribution in [0.2, 0.25) is 0 Å². The minimum absolute atomic E-state index is 0.0648. The zero-order valence-electron chi connectivity index (χ0n) is 11.4. The highest BCUT2D eigenvalue weighted by molar-refractivity contribution is 5.35. The van der Waals surface area contributed by atoms with Crippen LogP contribution in [-0.4, -0.2) is 4.98 Å². The smallest absolute Gasteiger partial charge is 0.145 e. The fraction of sp³-hybridized carbons (Fsp3) is 0.312. The van der Waals surface area contributed by atoms with E-state index in [0.29, 0.717) is 0 Å². The molecule has 0 spiro atoms. The lowest BCUT2D eigenvalue weighted by atomic mass is 9.89. The zero-order valence-corrected chi connectivity index (χ0v) is 11.4. The normalized spacial score (nSPS) is 11.3. The van der Waals surface area contributed by atoms with Crippen LogP contribution in [0.5, 0.6) is 11.5 Å². The lowest BCUT2D eigenvalue weighted by Gasteiger charge is -2.20. The molecule has 0 saturated carbocycles. The van der Waals surface area contributed by atoms with Crippen molar-refractivity contribution in [2.24, 2.45) is 0 Å². The Balaban J connectivity index is 2.25. The van der Waals surface area contributed by atoms with Gasteiger partial charge in [-0.25, -0.2) is 0 Å². The van der Waals surface area contributed by atoms with Crippen molar-refractivity contribution < 1.29 is 4.74 Å². The van der Waals surface area contributed by atoms with E-state index in [1.807, 2.05) is 36.4 Å². The van der Waals surface area contributed by atoms with Crippen molar-refractivity contribution >= 4 is 0 Å². The van der Waals surface area contributed by atoms with Gasteiger partial charge in [0.25, 0.3) is 0 Å². The van der Waals surface area contributed by atoms with Crippen LogP contribution in [0.15, 0.2) is 42.6 Å². The van der Waals surface area contributed by atoms with Gasteiger partial charge < -0.3 is 4.74 Å². The number of ether oxygens (including phenoxy) is 1. The third-order valence-electron chi connectivity index (χ3n) is 2.74. The molecule has 0 saturated heterocycles. The summed E-state index contributed by atoms with van der Waals surface area (Å²) in [7, 11) is 0. The molecule has 0 unspecified atom stereocenters. The molecule has 0 amide bonds. The number of rotatable bonds is 2. The van der Waals surface area contributed by atoms with E-state index >= 15 is 0 Å². The molecule has 0 fully saturated rings. The van der Waals surface area contributed by atoms with Gasteiger partial charge in [-0.1, -0.05) is 39.0 Å². The van der Waals surface area contributed by atoms with E-state index in [0.717, 1.165) is 22.8 Å². The SMILES string of the molecule is Cc1cc(Oc2ccccc2)cnc1C(C)(C)C. The van der Waals surface area contributed by atoms with Gasteiger partial charge in [0, 0.05) is 11.1 Å².